The third-order valence-electron chi connectivity index (χ3n) is 4.73. The van der Waals surface area contributed by atoms with E-state index in [1.54, 1.807) is 24.5 Å². The van der Waals surface area contributed by atoms with E-state index in [1.807, 2.05) is 11.0 Å². The molecule has 24 heavy (non-hydrogen) atoms. The highest BCUT2D eigenvalue weighted by Crippen LogP contribution is 2.35. The number of nitrogens with zero attached hydrogens (tertiary/aromatic N) is 4. The maximum atomic E-state index is 12.6. The van der Waals surface area contributed by atoms with Gasteiger partial charge >= 0.3 is 0 Å². The predicted octanol–water partition coefficient (Wildman–Crippen LogP) is 1.44. The average molecular weight is 328 g/mol. The molecule has 1 atom stereocenters. The van der Waals surface area contributed by atoms with Crippen LogP contribution in [-0.4, -0.2) is 60.2 Å². The van der Waals surface area contributed by atoms with Gasteiger partial charge in [-0.1, -0.05) is 0 Å². The maximum Gasteiger partial charge on any atom is 0.289 e. The summed E-state index contributed by atoms with van der Waals surface area (Å²) in [6.07, 6.45) is 5.99. The molecule has 0 unspecified atom stereocenters. The first kappa shape index (κ1) is 15.1. The molecule has 7 heteroatoms. The lowest BCUT2D eigenvalue weighted by molar-refractivity contribution is 0.0663. The van der Waals surface area contributed by atoms with Gasteiger partial charge in [0.2, 0.25) is 5.95 Å². The first-order valence-electron chi connectivity index (χ1n) is 8.18. The molecule has 2 fully saturated rings. The van der Waals surface area contributed by atoms with Gasteiger partial charge < -0.3 is 19.0 Å². The highest BCUT2D eigenvalue weighted by molar-refractivity contribution is 5.91. The van der Waals surface area contributed by atoms with Gasteiger partial charge in [0.1, 0.15) is 0 Å². The monoisotopic (exact) mass is 328 g/mol. The molecule has 1 spiro atoms. The number of carbonyl (C=O) groups excluding carboxylic acids is 1. The van der Waals surface area contributed by atoms with Gasteiger partial charge in [0.05, 0.1) is 19.5 Å². The van der Waals surface area contributed by atoms with Crippen LogP contribution in [0.2, 0.25) is 0 Å². The Balaban J connectivity index is 1.51. The quantitative estimate of drug-likeness (QED) is 0.831. The summed E-state index contributed by atoms with van der Waals surface area (Å²) >= 11 is 0. The van der Waals surface area contributed by atoms with Crippen molar-refractivity contribution in [2.24, 2.45) is 5.41 Å². The van der Waals surface area contributed by atoms with Crippen LogP contribution in [0.4, 0.5) is 5.95 Å². The molecule has 4 rings (SSSR count). The van der Waals surface area contributed by atoms with Crippen LogP contribution in [0.15, 0.2) is 41.3 Å². The summed E-state index contributed by atoms with van der Waals surface area (Å²) < 4.78 is 11.1. The summed E-state index contributed by atoms with van der Waals surface area (Å²) in [4.78, 5) is 25.3. The number of amides is 1. The molecule has 7 nitrogen and oxygen atoms in total. The van der Waals surface area contributed by atoms with E-state index in [1.165, 1.54) is 6.26 Å². The molecule has 2 aliphatic heterocycles. The van der Waals surface area contributed by atoms with Crippen molar-refractivity contribution in [3.63, 3.8) is 0 Å². The Morgan fingerprint density at radius 3 is 2.83 bits per heavy atom. The van der Waals surface area contributed by atoms with Crippen LogP contribution in [-0.2, 0) is 4.74 Å². The first-order chi connectivity index (χ1) is 11.8. The predicted molar refractivity (Wildman–Crippen MR) is 86.7 cm³/mol. The van der Waals surface area contributed by atoms with Gasteiger partial charge in [0.15, 0.2) is 5.76 Å². The fourth-order valence-electron chi connectivity index (χ4n) is 3.53. The van der Waals surface area contributed by atoms with Crippen LogP contribution in [0.3, 0.4) is 0 Å². The Morgan fingerprint density at radius 1 is 1.17 bits per heavy atom. The fraction of sp³-hybridized carbons (Fsp3) is 0.471. The van der Waals surface area contributed by atoms with Gasteiger partial charge in [0.25, 0.3) is 5.91 Å². The summed E-state index contributed by atoms with van der Waals surface area (Å²) in [6, 6.07) is 5.26. The van der Waals surface area contributed by atoms with Gasteiger partial charge in [-0.2, -0.15) is 0 Å². The summed E-state index contributed by atoms with van der Waals surface area (Å²) in [5.74, 6) is 1.05. The number of anilines is 1. The number of aromatic nitrogens is 2. The lowest BCUT2D eigenvalue weighted by Gasteiger charge is -2.31. The SMILES string of the molecule is O=C(c1ccco1)N1CCOC[C@@]2(CCN(c3ncccn3)C2)C1. The molecule has 0 aliphatic carbocycles. The van der Waals surface area contributed by atoms with Gasteiger partial charge in [-0.25, -0.2) is 9.97 Å². The second kappa shape index (κ2) is 6.24. The zero-order chi connectivity index (χ0) is 16.4. The third-order valence-corrected chi connectivity index (χ3v) is 4.73. The van der Waals surface area contributed by atoms with Crippen LogP contribution < -0.4 is 4.90 Å². The molecule has 0 saturated carbocycles. The van der Waals surface area contributed by atoms with Gasteiger partial charge in [-0.05, 0) is 24.6 Å². The van der Waals surface area contributed by atoms with Crippen LogP contribution >= 0.6 is 0 Å². The van der Waals surface area contributed by atoms with Crippen molar-refractivity contribution in [1.82, 2.24) is 14.9 Å². The third kappa shape index (κ3) is 2.87. The van der Waals surface area contributed by atoms with E-state index in [0.717, 1.165) is 25.5 Å². The smallest absolute Gasteiger partial charge is 0.289 e. The highest BCUT2D eigenvalue weighted by atomic mass is 16.5. The standard InChI is InChI=1S/C17H20N4O3/c22-15(14-3-1-9-24-14)20-8-10-23-13-17(11-20)4-7-21(12-17)16-18-5-2-6-19-16/h1-3,5-6,9H,4,7-8,10-13H2/t17-/m0/s1. The molecule has 0 radical (unpaired) electrons. The molecule has 0 N–H and O–H groups in total. The Hall–Kier alpha value is -2.41. The zero-order valence-electron chi connectivity index (χ0n) is 13.4. The lowest BCUT2D eigenvalue weighted by atomic mass is 9.87. The summed E-state index contributed by atoms with van der Waals surface area (Å²) in [7, 11) is 0. The van der Waals surface area contributed by atoms with E-state index >= 15 is 0 Å². The second-order valence-corrected chi connectivity index (χ2v) is 6.48. The summed E-state index contributed by atoms with van der Waals surface area (Å²) in [6.45, 7) is 4.11. The van der Waals surface area contributed by atoms with Crippen molar-refractivity contribution in [2.75, 3.05) is 44.3 Å². The normalized spacial score (nSPS) is 24.3. The van der Waals surface area contributed by atoms with E-state index in [0.29, 0.717) is 32.1 Å². The van der Waals surface area contributed by atoms with Crippen molar-refractivity contribution in [2.45, 2.75) is 6.42 Å². The highest BCUT2D eigenvalue weighted by Gasteiger charge is 2.43. The van der Waals surface area contributed by atoms with Crippen molar-refractivity contribution < 1.29 is 13.9 Å². The number of ether oxygens (including phenoxy) is 1. The van der Waals surface area contributed by atoms with Crippen molar-refractivity contribution in [1.29, 1.82) is 0 Å². The molecular formula is C17H20N4O3. The van der Waals surface area contributed by atoms with Crippen molar-refractivity contribution in [3.05, 3.63) is 42.6 Å². The van der Waals surface area contributed by atoms with E-state index in [-0.39, 0.29) is 11.3 Å². The van der Waals surface area contributed by atoms with E-state index in [2.05, 4.69) is 14.9 Å². The van der Waals surface area contributed by atoms with E-state index in [4.69, 9.17) is 9.15 Å². The largest absolute Gasteiger partial charge is 0.459 e. The fourth-order valence-corrected chi connectivity index (χ4v) is 3.53. The Bertz CT molecular complexity index is 691. The molecule has 2 aromatic rings. The van der Waals surface area contributed by atoms with E-state index < -0.39 is 0 Å². The van der Waals surface area contributed by atoms with Crippen LogP contribution in [0.25, 0.3) is 0 Å². The van der Waals surface area contributed by atoms with Gasteiger partial charge in [-0.15, -0.1) is 0 Å². The van der Waals surface area contributed by atoms with Crippen LogP contribution in [0.5, 0.6) is 0 Å². The number of hydrogen-bond donors (Lipinski definition) is 0. The molecule has 0 bridgehead atoms. The molecule has 4 heterocycles. The zero-order valence-corrected chi connectivity index (χ0v) is 13.4. The summed E-state index contributed by atoms with van der Waals surface area (Å²) in [5, 5.41) is 0. The summed E-state index contributed by atoms with van der Waals surface area (Å²) in [5.41, 5.74) is -0.0854. The Labute approximate surface area is 140 Å². The average Bonchev–Trinajstić information content (AvgIpc) is 3.24. The molecule has 1 amide bonds. The molecule has 2 saturated heterocycles. The number of hydrogen-bond acceptors (Lipinski definition) is 6. The number of carbonyl (C=O) groups is 1. The Kier molecular flexibility index (Phi) is 3.93. The van der Waals surface area contributed by atoms with Gasteiger partial charge in [0, 0.05) is 44.0 Å². The van der Waals surface area contributed by atoms with Crippen LogP contribution in [0, 0.1) is 5.41 Å². The van der Waals surface area contributed by atoms with Crippen molar-refractivity contribution >= 4 is 11.9 Å². The molecule has 2 aliphatic rings. The number of rotatable bonds is 2. The minimum atomic E-state index is -0.0854. The Morgan fingerprint density at radius 2 is 2.04 bits per heavy atom. The van der Waals surface area contributed by atoms with Crippen LogP contribution in [0.1, 0.15) is 17.0 Å². The molecule has 0 aromatic carbocycles. The maximum absolute atomic E-state index is 12.6. The minimum Gasteiger partial charge on any atom is -0.459 e. The molecular weight excluding hydrogens is 308 g/mol. The van der Waals surface area contributed by atoms with E-state index in [9.17, 15) is 4.79 Å². The topological polar surface area (TPSA) is 71.7 Å². The molecule has 2 aromatic heterocycles. The first-order valence-corrected chi connectivity index (χ1v) is 8.18. The second-order valence-electron chi connectivity index (χ2n) is 6.48. The van der Waals surface area contributed by atoms with Crippen molar-refractivity contribution in [3.8, 4) is 0 Å². The minimum absolute atomic E-state index is 0.0701. The molecule has 126 valence electrons. The number of furan rings is 1. The van der Waals surface area contributed by atoms with Gasteiger partial charge in [-0.3, -0.25) is 4.79 Å². The lowest BCUT2D eigenvalue weighted by Crippen LogP contribution is -2.43.